The van der Waals surface area contributed by atoms with Crippen molar-refractivity contribution in [1.29, 1.82) is 0 Å². The van der Waals surface area contributed by atoms with Gasteiger partial charge in [0.15, 0.2) is 5.76 Å². The molecule has 1 aliphatic rings. The first-order valence-corrected chi connectivity index (χ1v) is 6.76. The van der Waals surface area contributed by atoms with Gasteiger partial charge < -0.3 is 14.4 Å². The summed E-state index contributed by atoms with van der Waals surface area (Å²) in [6.45, 7) is 1.25. The van der Waals surface area contributed by atoms with Crippen molar-refractivity contribution in [3.05, 3.63) is 41.6 Å². The maximum atomic E-state index is 12.2. The molecule has 21 heavy (non-hydrogen) atoms. The maximum absolute atomic E-state index is 12.2. The molecule has 1 aliphatic heterocycles. The number of piperidine rings is 1. The first-order chi connectivity index (χ1) is 10.1. The Balaban J connectivity index is 1.63. The highest BCUT2D eigenvalue weighted by Crippen LogP contribution is 2.28. The molecule has 110 valence electrons. The third kappa shape index (κ3) is 2.67. The number of carbonyl (C=O) groups excluding carboxylic acids is 1. The Bertz CT molecular complexity index is 639. The van der Waals surface area contributed by atoms with E-state index in [-0.39, 0.29) is 17.4 Å². The van der Waals surface area contributed by atoms with Crippen LogP contribution in [-0.2, 0) is 0 Å². The summed E-state index contributed by atoms with van der Waals surface area (Å²) in [4.78, 5) is 24.7. The predicted molar refractivity (Wildman–Crippen MR) is 72.1 cm³/mol. The van der Waals surface area contributed by atoms with Crippen LogP contribution in [-0.4, -0.2) is 45.2 Å². The van der Waals surface area contributed by atoms with Gasteiger partial charge in [-0.15, -0.1) is 0 Å². The maximum Gasteiger partial charge on any atom is 0.371 e. The van der Waals surface area contributed by atoms with Gasteiger partial charge in [-0.05, 0) is 36.5 Å². The second kappa shape index (κ2) is 5.43. The first kappa shape index (κ1) is 13.4. The molecule has 0 atom stereocenters. The molecule has 0 aliphatic carbocycles. The molecule has 0 bridgehead atoms. The number of aromatic amines is 1. The van der Waals surface area contributed by atoms with Crippen molar-refractivity contribution in [2.24, 2.45) is 0 Å². The van der Waals surface area contributed by atoms with Crippen LogP contribution in [0, 0.1) is 0 Å². The summed E-state index contributed by atoms with van der Waals surface area (Å²) in [7, 11) is 0. The largest absolute Gasteiger partial charge is 0.475 e. The van der Waals surface area contributed by atoms with Crippen molar-refractivity contribution in [2.75, 3.05) is 13.1 Å². The van der Waals surface area contributed by atoms with Crippen LogP contribution in [0.4, 0.5) is 0 Å². The summed E-state index contributed by atoms with van der Waals surface area (Å²) >= 11 is 0. The van der Waals surface area contributed by atoms with E-state index in [1.54, 1.807) is 4.90 Å². The summed E-state index contributed by atoms with van der Waals surface area (Å²) < 4.78 is 5.05. The third-order valence-electron chi connectivity index (χ3n) is 3.80. The van der Waals surface area contributed by atoms with E-state index in [2.05, 4.69) is 10.2 Å². The number of nitrogens with zero attached hydrogens (tertiary/aromatic N) is 2. The Morgan fingerprint density at radius 1 is 1.29 bits per heavy atom. The number of hydrogen-bond acceptors (Lipinski definition) is 4. The average Bonchev–Trinajstić information content (AvgIpc) is 3.18. The van der Waals surface area contributed by atoms with Crippen LogP contribution in [0.5, 0.6) is 0 Å². The van der Waals surface area contributed by atoms with Crippen molar-refractivity contribution >= 4 is 11.9 Å². The molecule has 7 heteroatoms. The highest BCUT2D eigenvalue weighted by molar-refractivity contribution is 5.93. The van der Waals surface area contributed by atoms with Gasteiger partial charge in [0.05, 0.1) is 6.20 Å². The zero-order valence-corrected chi connectivity index (χ0v) is 11.3. The van der Waals surface area contributed by atoms with E-state index in [1.807, 2.05) is 12.4 Å². The highest BCUT2D eigenvalue weighted by Gasteiger charge is 2.27. The summed E-state index contributed by atoms with van der Waals surface area (Å²) in [5, 5.41) is 15.5. The number of aromatic nitrogens is 2. The zero-order chi connectivity index (χ0) is 14.8. The van der Waals surface area contributed by atoms with Crippen LogP contribution in [0.3, 0.4) is 0 Å². The number of aromatic carboxylic acids is 1. The lowest BCUT2D eigenvalue weighted by Crippen LogP contribution is -2.37. The Morgan fingerprint density at radius 3 is 2.57 bits per heavy atom. The molecule has 0 unspecified atom stereocenters. The van der Waals surface area contributed by atoms with E-state index in [0.29, 0.717) is 19.0 Å². The summed E-state index contributed by atoms with van der Waals surface area (Å²) in [5.41, 5.74) is 1.16. The molecule has 2 N–H and O–H groups in total. The van der Waals surface area contributed by atoms with Crippen LogP contribution in [0.15, 0.2) is 28.9 Å². The van der Waals surface area contributed by atoms with Gasteiger partial charge in [0.1, 0.15) is 0 Å². The van der Waals surface area contributed by atoms with Crippen molar-refractivity contribution in [2.45, 2.75) is 18.8 Å². The minimum absolute atomic E-state index is 0.0779. The van der Waals surface area contributed by atoms with E-state index < -0.39 is 5.97 Å². The standard InChI is InChI=1S/C14H15N3O4/c18-13(11-1-2-12(21-11)14(19)20)17-5-3-9(4-6-17)10-7-15-16-8-10/h1-2,7-9H,3-6H2,(H,15,16)(H,19,20). The van der Waals surface area contributed by atoms with E-state index in [9.17, 15) is 9.59 Å². The van der Waals surface area contributed by atoms with E-state index >= 15 is 0 Å². The van der Waals surface area contributed by atoms with Gasteiger partial charge in [0, 0.05) is 19.3 Å². The minimum Gasteiger partial charge on any atom is -0.475 e. The number of rotatable bonds is 3. The molecule has 0 aromatic carbocycles. The zero-order valence-electron chi connectivity index (χ0n) is 11.3. The lowest BCUT2D eigenvalue weighted by molar-refractivity contribution is 0.0639. The summed E-state index contributed by atoms with van der Waals surface area (Å²) in [6.07, 6.45) is 5.41. The molecule has 3 heterocycles. The van der Waals surface area contributed by atoms with Gasteiger partial charge in [-0.1, -0.05) is 0 Å². The number of carboxylic acids is 1. The Hall–Kier alpha value is -2.57. The smallest absolute Gasteiger partial charge is 0.371 e. The van der Waals surface area contributed by atoms with Crippen LogP contribution < -0.4 is 0 Å². The monoisotopic (exact) mass is 289 g/mol. The van der Waals surface area contributed by atoms with Gasteiger partial charge >= 0.3 is 5.97 Å². The predicted octanol–water partition coefficient (Wildman–Crippen LogP) is 1.72. The molecule has 7 nitrogen and oxygen atoms in total. The van der Waals surface area contributed by atoms with Crippen molar-refractivity contribution in [3.8, 4) is 0 Å². The van der Waals surface area contributed by atoms with Crippen LogP contribution in [0.1, 0.15) is 45.4 Å². The van der Waals surface area contributed by atoms with Gasteiger partial charge in [0.2, 0.25) is 5.76 Å². The first-order valence-electron chi connectivity index (χ1n) is 6.76. The number of carbonyl (C=O) groups is 2. The molecular formula is C14H15N3O4. The van der Waals surface area contributed by atoms with Gasteiger partial charge in [-0.3, -0.25) is 9.89 Å². The summed E-state index contributed by atoms with van der Waals surface area (Å²) in [5.74, 6) is -1.17. The number of furan rings is 1. The van der Waals surface area contributed by atoms with E-state index in [1.165, 1.54) is 12.1 Å². The second-order valence-corrected chi connectivity index (χ2v) is 5.07. The molecule has 0 saturated carbocycles. The van der Waals surface area contributed by atoms with E-state index in [4.69, 9.17) is 9.52 Å². The molecule has 0 radical (unpaired) electrons. The molecule has 2 aromatic rings. The highest BCUT2D eigenvalue weighted by atomic mass is 16.4. The van der Waals surface area contributed by atoms with Crippen LogP contribution in [0.25, 0.3) is 0 Å². The lowest BCUT2D eigenvalue weighted by atomic mass is 9.91. The second-order valence-electron chi connectivity index (χ2n) is 5.07. The lowest BCUT2D eigenvalue weighted by Gasteiger charge is -2.31. The molecule has 1 amide bonds. The van der Waals surface area contributed by atoms with Gasteiger partial charge in [-0.25, -0.2) is 4.79 Å². The fourth-order valence-electron chi connectivity index (χ4n) is 2.62. The fraction of sp³-hybridized carbons (Fsp3) is 0.357. The van der Waals surface area contributed by atoms with Crippen LogP contribution >= 0.6 is 0 Å². The number of amides is 1. The SMILES string of the molecule is O=C(O)c1ccc(C(=O)N2CCC(c3cn[nH]c3)CC2)o1. The molecule has 1 saturated heterocycles. The Kier molecular flexibility index (Phi) is 3.47. The average molecular weight is 289 g/mol. The number of nitrogens with one attached hydrogen (secondary N) is 1. The van der Waals surface area contributed by atoms with Gasteiger partial charge in [0.25, 0.3) is 5.91 Å². The molecular weight excluding hydrogens is 274 g/mol. The topological polar surface area (TPSA) is 99.4 Å². The van der Waals surface area contributed by atoms with Crippen LogP contribution in [0.2, 0.25) is 0 Å². The van der Waals surface area contributed by atoms with Crippen molar-refractivity contribution < 1.29 is 19.1 Å². The number of H-pyrrole nitrogens is 1. The normalized spacial score (nSPS) is 16.1. The van der Waals surface area contributed by atoms with Gasteiger partial charge in [-0.2, -0.15) is 5.10 Å². The minimum atomic E-state index is -1.17. The molecule has 3 rings (SSSR count). The Labute approximate surface area is 120 Å². The molecule has 1 fully saturated rings. The van der Waals surface area contributed by atoms with Crippen molar-refractivity contribution in [1.82, 2.24) is 15.1 Å². The van der Waals surface area contributed by atoms with E-state index in [0.717, 1.165) is 18.4 Å². The molecule has 2 aromatic heterocycles. The summed E-state index contributed by atoms with van der Waals surface area (Å²) in [6, 6.07) is 2.71. The Morgan fingerprint density at radius 2 is 2.00 bits per heavy atom. The number of hydrogen-bond donors (Lipinski definition) is 2. The quantitative estimate of drug-likeness (QED) is 0.896. The molecule has 0 spiro atoms. The third-order valence-corrected chi connectivity index (χ3v) is 3.80. The fourth-order valence-corrected chi connectivity index (χ4v) is 2.62. The van der Waals surface area contributed by atoms with Crippen molar-refractivity contribution in [3.63, 3.8) is 0 Å². The number of carboxylic acid groups (broad SMARTS) is 1. The number of likely N-dealkylation sites (tertiary alicyclic amines) is 1.